The summed E-state index contributed by atoms with van der Waals surface area (Å²) < 4.78 is 11.9. The van der Waals surface area contributed by atoms with Crippen molar-refractivity contribution in [3.63, 3.8) is 0 Å². The Kier molecular flexibility index (Phi) is 2.65. The first-order chi connectivity index (χ1) is 5.55. The van der Waals surface area contributed by atoms with Gasteiger partial charge in [0.05, 0.1) is 0 Å². The van der Waals surface area contributed by atoms with Crippen LogP contribution in [0.3, 0.4) is 0 Å². The summed E-state index contributed by atoms with van der Waals surface area (Å²) in [4.78, 5) is 0.764. The molecule has 2 nitrogen and oxygen atoms in total. The number of hydrogen-bond donors (Lipinski definition) is 2. The lowest BCUT2D eigenvalue weighted by molar-refractivity contribution is 0.663. The van der Waals surface area contributed by atoms with Gasteiger partial charge in [0.25, 0.3) is 0 Å². The third-order valence-electron chi connectivity index (χ3n) is 1.93. The second-order valence-electron chi connectivity index (χ2n) is 3.14. The fourth-order valence-corrected chi connectivity index (χ4v) is 2.19. The molecule has 12 heavy (non-hydrogen) atoms. The van der Waals surface area contributed by atoms with Crippen LogP contribution in [0.2, 0.25) is 0 Å². The molecule has 0 bridgehead atoms. The monoisotopic (exact) mass is 185 g/mol. The number of rotatable bonds is 2. The highest BCUT2D eigenvalue weighted by Gasteiger charge is 2.15. The zero-order chi connectivity index (χ0) is 9.19. The van der Waals surface area contributed by atoms with E-state index >= 15 is 0 Å². The minimum absolute atomic E-state index is 0.0138. The predicted octanol–water partition coefficient (Wildman–Crippen LogP) is 1.34. The van der Waals surface area contributed by atoms with E-state index < -0.39 is 10.1 Å². The molecule has 0 aromatic heterocycles. The van der Waals surface area contributed by atoms with Gasteiger partial charge in [-0.1, -0.05) is 32.0 Å². The zero-order valence-electron chi connectivity index (χ0n) is 7.40. The van der Waals surface area contributed by atoms with E-state index in [-0.39, 0.29) is 5.25 Å². The first-order valence-electron chi connectivity index (χ1n) is 3.99. The molecule has 1 aromatic carbocycles. The van der Waals surface area contributed by atoms with Crippen molar-refractivity contribution in [2.45, 2.75) is 24.0 Å². The highest BCUT2D eigenvalue weighted by molar-refractivity contribution is 8.01. The van der Waals surface area contributed by atoms with Gasteiger partial charge >= 0.3 is 0 Å². The molecule has 0 aliphatic rings. The fourth-order valence-electron chi connectivity index (χ4n) is 0.959. The number of nitrogens with two attached hydrogens (primary N) is 1. The maximum absolute atomic E-state index is 11.9. The molecule has 1 rings (SSSR count). The molecule has 0 fully saturated rings. The first kappa shape index (κ1) is 9.42. The second kappa shape index (κ2) is 3.37. The highest BCUT2D eigenvalue weighted by Crippen LogP contribution is 2.17. The Morgan fingerprint density at radius 3 is 2.17 bits per heavy atom. The van der Waals surface area contributed by atoms with E-state index in [9.17, 15) is 4.21 Å². The quantitative estimate of drug-likeness (QED) is 0.671. The van der Waals surface area contributed by atoms with Gasteiger partial charge in [-0.25, -0.2) is 0 Å². The lowest BCUT2D eigenvalue weighted by Gasteiger charge is -2.22. The summed E-state index contributed by atoms with van der Waals surface area (Å²) in [6, 6.07) is 9.25. The molecule has 68 valence electrons. The molecule has 0 aliphatic carbocycles. The topological polar surface area (TPSA) is 43.1 Å². The Morgan fingerprint density at radius 2 is 1.75 bits per heavy atom. The third kappa shape index (κ3) is 1.73. The van der Waals surface area contributed by atoms with Gasteiger partial charge in [-0.2, -0.15) is 0 Å². The Bertz CT molecular complexity index is 295. The smallest absolute Gasteiger partial charge is 0.0271 e. The summed E-state index contributed by atoms with van der Waals surface area (Å²) in [6.45, 7) is 3.77. The van der Waals surface area contributed by atoms with E-state index in [0.717, 1.165) is 4.90 Å². The highest BCUT2D eigenvalue weighted by atomic mass is 32.3. The molecule has 0 aliphatic heterocycles. The summed E-state index contributed by atoms with van der Waals surface area (Å²) in [6.07, 6.45) is 0. The van der Waals surface area contributed by atoms with Gasteiger partial charge in [-0.3, -0.25) is 9.35 Å². The molecule has 2 N–H and O–H groups in total. The summed E-state index contributed by atoms with van der Waals surface area (Å²) in [5.41, 5.74) is 0. The number of thiol groups is 1. The van der Waals surface area contributed by atoms with Crippen molar-refractivity contribution >= 4 is 10.1 Å². The minimum atomic E-state index is -2.62. The van der Waals surface area contributed by atoms with Crippen molar-refractivity contribution in [1.29, 1.82) is 0 Å². The normalized spacial score (nSPS) is 13.3. The van der Waals surface area contributed by atoms with Crippen molar-refractivity contribution in [3.05, 3.63) is 30.3 Å². The van der Waals surface area contributed by atoms with Crippen molar-refractivity contribution in [2.24, 2.45) is 5.14 Å². The van der Waals surface area contributed by atoms with Gasteiger partial charge in [0.15, 0.2) is 0 Å². The van der Waals surface area contributed by atoms with Gasteiger partial charge in [-0.05, 0) is 22.3 Å². The lowest BCUT2D eigenvalue weighted by Crippen LogP contribution is -2.32. The van der Waals surface area contributed by atoms with E-state index in [2.05, 4.69) is 0 Å². The second-order valence-corrected chi connectivity index (χ2v) is 6.11. The lowest BCUT2D eigenvalue weighted by atomic mass is 10.4. The van der Waals surface area contributed by atoms with Crippen LogP contribution in [0.4, 0.5) is 0 Å². The number of benzene rings is 1. The van der Waals surface area contributed by atoms with Crippen molar-refractivity contribution in [3.8, 4) is 0 Å². The van der Waals surface area contributed by atoms with Crippen LogP contribution in [0.5, 0.6) is 0 Å². The SMILES string of the molecule is CC(C)[SH](N)(=O)c1ccccc1. The van der Waals surface area contributed by atoms with Crippen LogP contribution in [0.25, 0.3) is 0 Å². The first-order valence-corrected chi connectivity index (χ1v) is 5.83. The fraction of sp³-hybridized carbons (Fsp3) is 0.333. The molecule has 0 heterocycles. The van der Waals surface area contributed by atoms with Gasteiger partial charge in [-0.15, -0.1) is 0 Å². The Balaban J connectivity index is 3.07. The van der Waals surface area contributed by atoms with Crippen LogP contribution in [0.15, 0.2) is 35.2 Å². The van der Waals surface area contributed by atoms with Gasteiger partial charge in [0.1, 0.15) is 0 Å². The maximum atomic E-state index is 11.9. The maximum Gasteiger partial charge on any atom is 0.0271 e. The Morgan fingerprint density at radius 1 is 1.25 bits per heavy atom. The van der Waals surface area contributed by atoms with E-state index in [1.807, 2.05) is 44.2 Å². The summed E-state index contributed by atoms with van der Waals surface area (Å²) in [5, 5.41) is 5.75. The van der Waals surface area contributed by atoms with Gasteiger partial charge in [0, 0.05) is 10.1 Å². The molecule has 0 amide bonds. The Labute approximate surface area is 74.3 Å². The van der Waals surface area contributed by atoms with Crippen molar-refractivity contribution in [1.82, 2.24) is 0 Å². The summed E-state index contributed by atoms with van der Waals surface area (Å²) in [5.74, 6) is 0. The average molecular weight is 185 g/mol. The van der Waals surface area contributed by atoms with E-state index in [1.165, 1.54) is 0 Å². The zero-order valence-corrected chi connectivity index (χ0v) is 8.29. The van der Waals surface area contributed by atoms with Crippen LogP contribution in [-0.4, -0.2) is 9.46 Å². The van der Waals surface area contributed by atoms with Crippen molar-refractivity contribution in [2.75, 3.05) is 0 Å². The summed E-state index contributed by atoms with van der Waals surface area (Å²) in [7, 11) is -2.62. The molecule has 0 unspecified atom stereocenters. The van der Waals surface area contributed by atoms with Crippen LogP contribution < -0.4 is 5.14 Å². The van der Waals surface area contributed by atoms with E-state index in [4.69, 9.17) is 5.14 Å². The largest absolute Gasteiger partial charge is 0.270 e. The molecule has 0 spiro atoms. The predicted molar refractivity (Wildman–Crippen MR) is 53.6 cm³/mol. The van der Waals surface area contributed by atoms with Gasteiger partial charge < -0.3 is 0 Å². The molecule has 0 radical (unpaired) electrons. The third-order valence-corrected chi connectivity index (χ3v) is 4.57. The molecule has 1 aromatic rings. The molecular formula is C9H15NOS. The molecule has 0 saturated heterocycles. The molecule has 0 saturated carbocycles. The molecular weight excluding hydrogens is 170 g/mol. The number of hydrogen-bond acceptors (Lipinski definition) is 1. The van der Waals surface area contributed by atoms with Crippen LogP contribution in [-0.2, 0) is 10.1 Å². The van der Waals surface area contributed by atoms with Gasteiger partial charge in [0.2, 0.25) is 0 Å². The molecule has 0 atom stereocenters. The minimum Gasteiger partial charge on any atom is -0.270 e. The average Bonchev–Trinajstić information content (AvgIpc) is 2.06. The van der Waals surface area contributed by atoms with Crippen LogP contribution in [0.1, 0.15) is 13.8 Å². The van der Waals surface area contributed by atoms with Crippen molar-refractivity contribution < 1.29 is 4.21 Å². The summed E-state index contributed by atoms with van der Waals surface area (Å²) >= 11 is 0. The molecule has 3 heteroatoms. The van der Waals surface area contributed by atoms with E-state index in [0.29, 0.717) is 0 Å². The van der Waals surface area contributed by atoms with Crippen LogP contribution >= 0.6 is 0 Å². The van der Waals surface area contributed by atoms with Crippen LogP contribution in [0, 0.1) is 0 Å². The standard InChI is InChI=1S/C9H15NOS/c1-8(2)12(10,11)9-6-4-3-5-7-9/h3-8,12H,1-2H3,(H2,10,11). The Hall–Kier alpha value is -0.670. The van der Waals surface area contributed by atoms with E-state index in [1.54, 1.807) is 0 Å².